The van der Waals surface area contributed by atoms with E-state index in [0.29, 0.717) is 6.04 Å². The van der Waals surface area contributed by atoms with E-state index in [-0.39, 0.29) is 0 Å². The minimum atomic E-state index is 0.572. The van der Waals surface area contributed by atoms with E-state index in [9.17, 15) is 0 Å². The van der Waals surface area contributed by atoms with Crippen molar-refractivity contribution in [3.63, 3.8) is 0 Å². The molecule has 2 rings (SSSR count). The van der Waals surface area contributed by atoms with Crippen molar-refractivity contribution in [2.24, 2.45) is 4.99 Å². The lowest BCUT2D eigenvalue weighted by Crippen LogP contribution is -2.09. The van der Waals surface area contributed by atoms with Crippen LogP contribution in [0.5, 0.6) is 0 Å². The first-order valence-electron chi connectivity index (χ1n) is 6.93. The quantitative estimate of drug-likeness (QED) is 0.733. The lowest BCUT2D eigenvalue weighted by molar-refractivity contribution is 0.444. The average Bonchev–Trinajstić information content (AvgIpc) is 2.45. The Bertz CT molecular complexity index is 400. The molecule has 1 saturated carbocycles. The highest BCUT2D eigenvalue weighted by Gasteiger charge is 2.10. The Labute approximate surface area is 110 Å². The van der Waals surface area contributed by atoms with Crippen LogP contribution in [0.1, 0.15) is 44.6 Å². The third-order valence-corrected chi connectivity index (χ3v) is 3.47. The lowest BCUT2D eigenvalue weighted by atomic mass is 9.96. The van der Waals surface area contributed by atoms with Crippen molar-refractivity contribution in [1.29, 1.82) is 0 Å². The van der Waals surface area contributed by atoms with Gasteiger partial charge in [-0.2, -0.15) is 0 Å². The van der Waals surface area contributed by atoms with E-state index in [4.69, 9.17) is 0 Å². The van der Waals surface area contributed by atoms with Gasteiger partial charge in [0.2, 0.25) is 0 Å². The maximum atomic E-state index is 4.69. The van der Waals surface area contributed by atoms with Crippen molar-refractivity contribution in [1.82, 2.24) is 4.98 Å². The molecule has 1 aliphatic carbocycles. The Morgan fingerprint density at radius 2 is 2.00 bits per heavy atom. The molecule has 2 nitrogen and oxygen atoms in total. The van der Waals surface area contributed by atoms with Crippen molar-refractivity contribution in [3.8, 4) is 0 Å². The molecule has 0 atom stereocenters. The van der Waals surface area contributed by atoms with Gasteiger partial charge >= 0.3 is 0 Å². The largest absolute Gasteiger partial charge is 0.290 e. The van der Waals surface area contributed by atoms with E-state index in [1.54, 1.807) is 0 Å². The molecule has 1 aromatic rings. The van der Waals surface area contributed by atoms with Crippen LogP contribution >= 0.6 is 0 Å². The molecular formula is C16H22N2. The van der Waals surface area contributed by atoms with Crippen LogP contribution in [0, 0.1) is 0 Å². The molecule has 0 amide bonds. The number of hydrogen-bond acceptors (Lipinski definition) is 2. The van der Waals surface area contributed by atoms with Crippen LogP contribution in [0.2, 0.25) is 0 Å². The van der Waals surface area contributed by atoms with E-state index in [1.807, 2.05) is 12.4 Å². The zero-order valence-corrected chi connectivity index (χ0v) is 11.2. The molecule has 1 aromatic heterocycles. The Morgan fingerprint density at radius 3 is 2.72 bits per heavy atom. The molecule has 0 radical (unpaired) electrons. The molecule has 96 valence electrons. The van der Waals surface area contributed by atoms with Gasteiger partial charge in [-0.05, 0) is 49.5 Å². The van der Waals surface area contributed by atoms with Crippen molar-refractivity contribution >= 4 is 6.21 Å². The Kier molecular flexibility index (Phi) is 5.13. The van der Waals surface area contributed by atoms with Gasteiger partial charge < -0.3 is 0 Å². The number of nitrogens with zero attached hydrogens (tertiary/aromatic N) is 2. The van der Waals surface area contributed by atoms with Gasteiger partial charge in [0.05, 0.1) is 0 Å². The average molecular weight is 242 g/mol. The minimum Gasteiger partial charge on any atom is -0.290 e. The highest BCUT2D eigenvalue weighted by atomic mass is 14.8. The number of rotatable bonds is 4. The van der Waals surface area contributed by atoms with Gasteiger partial charge in [-0.3, -0.25) is 9.98 Å². The first-order valence-corrected chi connectivity index (χ1v) is 6.93. The highest BCUT2D eigenvalue weighted by Crippen LogP contribution is 2.20. The zero-order valence-electron chi connectivity index (χ0n) is 11.2. The molecule has 0 N–H and O–H groups in total. The summed E-state index contributed by atoms with van der Waals surface area (Å²) in [5.41, 5.74) is 2.56. The third-order valence-electron chi connectivity index (χ3n) is 3.47. The smallest absolute Gasteiger partial charge is 0.0499 e. The second kappa shape index (κ2) is 7.10. The van der Waals surface area contributed by atoms with Gasteiger partial charge in [0.15, 0.2) is 0 Å². The summed E-state index contributed by atoms with van der Waals surface area (Å²) in [6.45, 7) is 2.13. The molecule has 0 spiro atoms. The summed E-state index contributed by atoms with van der Waals surface area (Å²) in [5.74, 6) is 0. The summed E-state index contributed by atoms with van der Waals surface area (Å²) in [7, 11) is 0. The summed E-state index contributed by atoms with van der Waals surface area (Å²) < 4.78 is 0. The molecule has 0 aliphatic heterocycles. The Hall–Kier alpha value is -1.44. The molecule has 1 fully saturated rings. The molecule has 2 heteroatoms. The van der Waals surface area contributed by atoms with Crippen LogP contribution in [0.3, 0.4) is 0 Å². The van der Waals surface area contributed by atoms with Gasteiger partial charge in [0.25, 0.3) is 0 Å². The first-order chi connectivity index (χ1) is 8.84. The van der Waals surface area contributed by atoms with Gasteiger partial charge in [-0.1, -0.05) is 25.3 Å². The fourth-order valence-corrected chi connectivity index (χ4v) is 2.30. The second-order valence-corrected chi connectivity index (χ2v) is 5.08. The predicted molar refractivity (Wildman–Crippen MR) is 77.1 cm³/mol. The third kappa shape index (κ3) is 4.44. The zero-order chi connectivity index (χ0) is 12.6. The SMILES string of the molecule is C/C(C=NC1CCCCC1)=C\Cc1ccncc1. The lowest BCUT2D eigenvalue weighted by Gasteiger charge is -2.17. The van der Waals surface area contributed by atoms with E-state index in [1.165, 1.54) is 43.2 Å². The van der Waals surface area contributed by atoms with Gasteiger partial charge in [-0.15, -0.1) is 0 Å². The maximum Gasteiger partial charge on any atom is 0.0499 e. The van der Waals surface area contributed by atoms with Crippen molar-refractivity contribution < 1.29 is 0 Å². The standard InChI is InChI=1S/C16H22N2/c1-14(7-8-15-9-11-17-12-10-15)13-18-16-5-3-2-4-6-16/h7,9-13,16H,2-6,8H2,1H3/b14-7+,18-13?. The number of aliphatic imine (C=N–C) groups is 1. The number of allylic oxidation sites excluding steroid dienone is 2. The number of pyridine rings is 1. The van der Waals surface area contributed by atoms with E-state index in [2.05, 4.69) is 41.3 Å². The fraction of sp³-hybridized carbons (Fsp3) is 0.500. The molecule has 0 unspecified atom stereocenters. The molecule has 18 heavy (non-hydrogen) atoms. The van der Waals surface area contributed by atoms with E-state index < -0.39 is 0 Å². The van der Waals surface area contributed by atoms with Crippen LogP contribution in [0.15, 0.2) is 41.2 Å². The van der Waals surface area contributed by atoms with E-state index in [0.717, 1.165) is 6.42 Å². The van der Waals surface area contributed by atoms with Crippen molar-refractivity contribution in [2.45, 2.75) is 51.5 Å². The maximum absolute atomic E-state index is 4.69. The summed E-state index contributed by atoms with van der Waals surface area (Å²) in [4.78, 5) is 8.71. The first kappa shape index (κ1) is 13.0. The van der Waals surface area contributed by atoms with Gasteiger partial charge in [0.1, 0.15) is 0 Å². The molecule has 1 heterocycles. The van der Waals surface area contributed by atoms with Crippen LogP contribution < -0.4 is 0 Å². The normalized spacial score (nSPS) is 18.4. The predicted octanol–water partition coefficient (Wildman–Crippen LogP) is 3.97. The molecule has 0 bridgehead atoms. The van der Waals surface area contributed by atoms with Crippen LogP contribution in [-0.4, -0.2) is 17.2 Å². The summed E-state index contributed by atoms with van der Waals surface area (Å²) in [5, 5.41) is 0. The Balaban J connectivity index is 1.83. The number of aromatic nitrogens is 1. The summed E-state index contributed by atoms with van der Waals surface area (Å²) in [6, 6.07) is 4.69. The van der Waals surface area contributed by atoms with Crippen molar-refractivity contribution in [3.05, 3.63) is 41.7 Å². The minimum absolute atomic E-state index is 0.572. The molecule has 1 aliphatic rings. The Morgan fingerprint density at radius 1 is 1.28 bits per heavy atom. The van der Waals surface area contributed by atoms with E-state index >= 15 is 0 Å². The van der Waals surface area contributed by atoms with Gasteiger partial charge in [0, 0.05) is 24.7 Å². The van der Waals surface area contributed by atoms with Crippen LogP contribution in [0.25, 0.3) is 0 Å². The summed E-state index contributed by atoms with van der Waals surface area (Å²) in [6.07, 6.45) is 15.6. The van der Waals surface area contributed by atoms with Crippen molar-refractivity contribution in [2.75, 3.05) is 0 Å². The van der Waals surface area contributed by atoms with Gasteiger partial charge in [-0.25, -0.2) is 0 Å². The monoisotopic (exact) mass is 242 g/mol. The molecular weight excluding hydrogens is 220 g/mol. The highest BCUT2D eigenvalue weighted by molar-refractivity contribution is 5.77. The second-order valence-electron chi connectivity index (χ2n) is 5.08. The van der Waals surface area contributed by atoms with Crippen LogP contribution in [-0.2, 0) is 6.42 Å². The fourth-order valence-electron chi connectivity index (χ4n) is 2.30. The number of hydrogen-bond donors (Lipinski definition) is 0. The molecule has 0 saturated heterocycles. The molecule has 0 aromatic carbocycles. The van der Waals surface area contributed by atoms with Crippen LogP contribution in [0.4, 0.5) is 0 Å². The topological polar surface area (TPSA) is 25.2 Å². The summed E-state index contributed by atoms with van der Waals surface area (Å²) >= 11 is 0.